The maximum atomic E-state index is 13.6. The molecule has 1 atom stereocenters. The van der Waals surface area contributed by atoms with Crippen LogP contribution in [0.15, 0.2) is 45.6 Å². The second-order valence-corrected chi connectivity index (χ2v) is 9.12. The molecule has 0 saturated carbocycles. The first-order valence-electron chi connectivity index (χ1n) is 10.7. The van der Waals surface area contributed by atoms with E-state index in [-0.39, 0.29) is 23.2 Å². The normalized spacial score (nSPS) is 15.8. The monoisotopic (exact) mass is 454 g/mol. The standard InChI is InChI=1S/C25H27ClN2O4/c1-14(2)31-17-8-6-16(7-9-17)22-21-23(29)18-13-19(26)15(3)12-20(18)32-24(21)25(30)28(22)11-10-27(4)5/h6-9,12-14,22H,10-11H2,1-5H3. The molecule has 1 unspecified atom stereocenters. The van der Waals surface area contributed by atoms with Crippen molar-refractivity contribution in [3.05, 3.63) is 74.1 Å². The predicted octanol–water partition coefficient (Wildman–Crippen LogP) is 4.65. The molecule has 7 heteroatoms. The molecule has 2 aromatic carbocycles. The van der Waals surface area contributed by atoms with Crippen LogP contribution in [0.4, 0.5) is 0 Å². The average Bonchev–Trinajstić information content (AvgIpc) is 3.00. The number of nitrogens with zero attached hydrogens (tertiary/aromatic N) is 2. The van der Waals surface area contributed by atoms with Crippen LogP contribution in [0.3, 0.4) is 0 Å². The Morgan fingerprint density at radius 2 is 1.84 bits per heavy atom. The van der Waals surface area contributed by atoms with E-state index in [4.69, 9.17) is 20.8 Å². The molecule has 0 radical (unpaired) electrons. The lowest BCUT2D eigenvalue weighted by Gasteiger charge is -2.26. The smallest absolute Gasteiger partial charge is 0.290 e. The number of likely N-dealkylation sites (N-methyl/N-ethyl adjacent to an activating group) is 1. The summed E-state index contributed by atoms with van der Waals surface area (Å²) in [6.07, 6.45) is 0.0536. The fourth-order valence-electron chi connectivity index (χ4n) is 4.03. The number of benzene rings is 2. The molecule has 0 saturated heterocycles. The molecule has 0 bridgehead atoms. The van der Waals surface area contributed by atoms with E-state index in [0.717, 1.165) is 16.9 Å². The summed E-state index contributed by atoms with van der Waals surface area (Å²) in [6, 6.07) is 10.3. The Hall–Kier alpha value is -2.83. The Morgan fingerprint density at radius 3 is 2.47 bits per heavy atom. The minimum atomic E-state index is -0.536. The van der Waals surface area contributed by atoms with Crippen LogP contribution < -0.4 is 10.2 Å². The summed E-state index contributed by atoms with van der Waals surface area (Å²) in [5.41, 5.74) is 2.12. The van der Waals surface area contributed by atoms with Gasteiger partial charge in [0.05, 0.1) is 23.1 Å². The van der Waals surface area contributed by atoms with Crippen molar-refractivity contribution in [3.8, 4) is 5.75 Å². The Balaban J connectivity index is 1.88. The first kappa shape index (κ1) is 22.4. The van der Waals surface area contributed by atoms with Crippen molar-refractivity contribution in [2.24, 2.45) is 0 Å². The van der Waals surface area contributed by atoms with Crippen LogP contribution in [0, 0.1) is 6.92 Å². The minimum Gasteiger partial charge on any atom is -0.491 e. The van der Waals surface area contributed by atoms with Gasteiger partial charge in [0.25, 0.3) is 5.91 Å². The molecule has 0 aliphatic carbocycles. The summed E-state index contributed by atoms with van der Waals surface area (Å²) in [5.74, 6) is 0.567. The number of hydrogen-bond donors (Lipinski definition) is 0. The van der Waals surface area contributed by atoms with E-state index >= 15 is 0 Å². The van der Waals surface area contributed by atoms with Gasteiger partial charge < -0.3 is 19.0 Å². The summed E-state index contributed by atoms with van der Waals surface area (Å²) in [6.45, 7) is 6.88. The highest BCUT2D eigenvalue weighted by Gasteiger charge is 2.42. The zero-order valence-corrected chi connectivity index (χ0v) is 19.7. The number of carbonyl (C=O) groups is 1. The predicted molar refractivity (Wildman–Crippen MR) is 126 cm³/mol. The highest BCUT2D eigenvalue weighted by Crippen LogP contribution is 2.39. The molecule has 3 aromatic rings. The Morgan fingerprint density at radius 1 is 1.16 bits per heavy atom. The van der Waals surface area contributed by atoms with Gasteiger partial charge in [-0.15, -0.1) is 0 Å². The minimum absolute atomic E-state index is 0.0536. The number of hydrogen-bond acceptors (Lipinski definition) is 5. The molecule has 1 aromatic heterocycles. The highest BCUT2D eigenvalue weighted by molar-refractivity contribution is 6.32. The lowest BCUT2D eigenvalue weighted by Crippen LogP contribution is -2.35. The van der Waals surface area contributed by atoms with Crippen molar-refractivity contribution in [1.29, 1.82) is 0 Å². The van der Waals surface area contributed by atoms with E-state index in [0.29, 0.717) is 34.6 Å². The summed E-state index contributed by atoms with van der Waals surface area (Å²) < 4.78 is 11.8. The van der Waals surface area contributed by atoms with Crippen LogP contribution in [0.25, 0.3) is 11.0 Å². The SMILES string of the molecule is Cc1cc2oc3c(c(=O)c2cc1Cl)C(c1ccc(OC(C)C)cc1)N(CCN(C)C)C3=O. The molecule has 0 fully saturated rings. The van der Waals surface area contributed by atoms with E-state index in [1.165, 1.54) is 0 Å². The Bertz CT molecular complexity index is 1230. The summed E-state index contributed by atoms with van der Waals surface area (Å²) >= 11 is 6.29. The molecule has 4 rings (SSSR count). The van der Waals surface area contributed by atoms with Crippen LogP contribution in [0.5, 0.6) is 5.75 Å². The quantitative estimate of drug-likeness (QED) is 0.542. The second-order valence-electron chi connectivity index (χ2n) is 8.71. The van der Waals surface area contributed by atoms with E-state index in [1.54, 1.807) is 17.0 Å². The average molecular weight is 455 g/mol. The number of halogens is 1. The maximum absolute atomic E-state index is 13.6. The van der Waals surface area contributed by atoms with Crippen molar-refractivity contribution >= 4 is 28.5 Å². The molecule has 2 heterocycles. The van der Waals surface area contributed by atoms with Crippen molar-refractivity contribution in [2.45, 2.75) is 32.9 Å². The molecule has 1 aliphatic heterocycles. The summed E-state index contributed by atoms with van der Waals surface area (Å²) in [4.78, 5) is 30.7. The molecule has 0 spiro atoms. The third-order valence-electron chi connectivity index (χ3n) is 5.60. The summed E-state index contributed by atoms with van der Waals surface area (Å²) in [7, 11) is 3.90. The largest absolute Gasteiger partial charge is 0.491 e. The van der Waals surface area contributed by atoms with Crippen LogP contribution >= 0.6 is 11.6 Å². The van der Waals surface area contributed by atoms with Gasteiger partial charge in [0.15, 0.2) is 5.43 Å². The van der Waals surface area contributed by atoms with Crippen LogP contribution in [0.2, 0.25) is 5.02 Å². The highest BCUT2D eigenvalue weighted by atomic mass is 35.5. The van der Waals surface area contributed by atoms with Gasteiger partial charge >= 0.3 is 0 Å². The third kappa shape index (κ3) is 4.00. The molecule has 1 amide bonds. The van der Waals surface area contributed by atoms with E-state index in [9.17, 15) is 9.59 Å². The van der Waals surface area contributed by atoms with E-state index < -0.39 is 6.04 Å². The van der Waals surface area contributed by atoms with Gasteiger partial charge in [0, 0.05) is 18.1 Å². The van der Waals surface area contributed by atoms with Crippen molar-refractivity contribution in [3.63, 3.8) is 0 Å². The van der Waals surface area contributed by atoms with Crippen LogP contribution in [-0.4, -0.2) is 49.0 Å². The lowest BCUT2D eigenvalue weighted by atomic mass is 9.98. The fourth-order valence-corrected chi connectivity index (χ4v) is 4.19. The van der Waals surface area contributed by atoms with Crippen LogP contribution in [0.1, 0.15) is 47.1 Å². The second kappa shape index (κ2) is 8.60. The van der Waals surface area contributed by atoms with Crippen LogP contribution in [-0.2, 0) is 0 Å². The van der Waals surface area contributed by atoms with Crippen molar-refractivity contribution in [2.75, 3.05) is 27.2 Å². The van der Waals surface area contributed by atoms with E-state index in [2.05, 4.69) is 0 Å². The van der Waals surface area contributed by atoms with Crippen molar-refractivity contribution < 1.29 is 13.9 Å². The van der Waals surface area contributed by atoms with E-state index in [1.807, 2.05) is 64.0 Å². The first-order valence-corrected chi connectivity index (χ1v) is 11.0. The van der Waals surface area contributed by atoms with Gasteiger partial charge in [0.1, 0.15) is 11.3 Å². The third-order valence-corrected chi connectivity index (χ3v) is 6.01. The number of carbonyl (C=O) groups excluding carboxylic acids is 1. The number of amides is 1. The molecule has 32 heavy (non-hydrogen) atoms. The summed E-state index contributed by atoms with van der Waals surface area (Å²) in [5, 5.41) is 0.872. The number of rotatable bonds is 6. The molecular weight excluding hydrogens is 428 g/mol. The van der Waals surface area contributed by atoms with Gasteiger partial charge in [0.2, 0.25) is 5.76 Å². The molecular formula is C25H27ClN2O4. The molecule has 0 N–H and O–H groups in total. The fraction of sp³-hybridized carbons (Fsp3) is 0.360. The van der Waals surface area contributed by atoms with Gasteiger partial charge in [-0.05, 0) is 70.3 Å². The molecule has 1 aliphatic rings. The lowest BCUT2D eigenvalue weighted by molar-refractivity contribution is 0.0716. The number of fused-ring (bicyclic) bond motifs is 2. The Kier molecular flexibility index (Phi) is 6.01. The van der Waals surface area contributed by atoms with Gasteiger partial charge in [-0.25, -0.2) is 0 Å². The topological polar surface area (TPSA) is 63.0 Å². The zero-order valence-electron chi connectivity index (χ0n) is 18.9. The van der Waals surface area contributed by atoms with Gasteiger partial charge in [-0.2, -0.15) is 0 Å². The maximum Gasteiger partial charge on any atom is 0.290 e. The van der Waals surface area contributed by atoms with Gasteiger partial charge in [-0.3, -0.25) is 9.59 Å². The zero-order chi connectivity index (χ0) is 23.2. The molecule has 6 nitrogen and oxygen atoms in total. The van der Waals surface area contributed by atoms with Gasteiger partial charge in [-0.1, -0.05) is 23.7 Å². The number of aryl methyl sites for hydroxylation is 1. The number of ether oxygens (including phenoxy) is 1. The molecule has 168 valence electrons. The first-order chi connectivity index (χ1) is 15.2. The van der Waals surface area contributed by atoms with Crippen molar-refractivity contribution in [1.82, 2.24) is 9.80 Å². The Labute approximate surface area is 192 Å².